The van der Waals surface area contributed by atoms with Crippen molar-refractivity contribution >= 4 is 23.5 Å². The summed E-state index contributed by atoms with van der Waals surface area (Å²) in [6.45, 7) is 1.82. The van der Waals surface area contributed by atoms with Crippen LogP contribution in [0, 0.1) is 0 Å². The van der Waals surface area contributed by atoms with Crippen molar-refractivity contribution in [2.75, 3.05) is 13.7 Å². The summed E-state index contributed by atoms with van der Waals surface area (Å²) < 4.78 is 16.3. The number of methoxy groups -OCH3 is 1. The maximum atomic E-state index is 12.4. The molecule has 0 aromatic heterocycles. The summed E-state index contributed by atoms with van der Waals surface area (Å²) in [6, 6.07) is 22.1. The highest BCUT2D eigenvalue weighted by molar-refractivity contribution is 6.31. The molecule has 6 nitrogen and oxygen atoms in total. The predicted octanol–water partition coefficient (Wildman–Crippen LogP) is 5.22. The molecule has 7 heteroatoms. The topological polar surface area (TPSA) is 73.9 Å². The van der Waals surface area contributed by atoms with Crippen LogP contribution in [-0.2, 0) is 22.6 Å². The van der Waals surface area contributed by atoms with Gasteiger partial charge >= 0.3 is 5.97 Å². The molecule has 0 aliphatic heterocycles. The van der Waals surface area contributed by atoms with E-state index in [1.165, 1.54) is 18.7 Å². The molecule has 0 fully saturated rings. The Morgan fingerprint density at radius 1 is 0.971 bits per heavy atom. The molecule has 0 heterocycles. The molecule has 34 heavy (non-hydrogen) atoms. The molecule has 0 radical (unpaired) electrons. The van der Waals surface area contributed by atoms with Crippen LogP contribution in [0.4, 0.5) is 0 Å². The number of hydrogen-bond donors (Lipinski definition) is 1. The Morgan fingerprint density at radius 3 is 2.44 bits per heavy atom. The number of benzene rings is 3. The van der Waals surface area contributed by atoms with Crippen LogP contribution in [0.5, 0.6) is 11.5 Å². The first kappa shape index (κ1) is 25.1. The number of amides is 1. The van der Waals surface area contributed by atoms with Gasteiger partial charge in [-0.2, -0.15) is 0 Å². The van der Waals surface area contributed by atoms with Crippen molar-refractivity contribution in [2.45, 2.75) is 32.4 Å². The standard InChI is InChI=1S/C27H28ClNO5/c1-19(12-13-20-8-4-3-5-9-20)29-26(30)18-34-27(31)21-14-15-24(25(16-21)32-2)33-17-22-10-6-7-11-23(22)28/h3-11,14-16,19H,12-13,17-18H2,1-2H3,(H,29,30)/t19-/m1/s1. The minimum atomic E-state index is -0.622. The summed E-state index contributed by atoms with van der Waals surface area (Å²) in [5.41, 5.74) is 2.30. The van der Waals surface area contributed by atoms with Crippen LogP contribution in [0.15, 0.2) is 72.8 Å². The SMILES string of the molecule is COc1cc(C(=O)OCC(=O)N[C@H](C)CCc2ccccc2)ccc1OCc1ccccc1Cl. The van der Waals surface area contributed by atoms with Gasteiger partial charge in [0.1, 0.15) is 6.61 Å². The molecule has 0 spiro atoms. The van der Waals surface area contributed by atoms with Gasteiger partial charge in [-0.25, -0.2) is 4.79 Å². The fourth-order valence-corrected chi connectivity index (χ4v) is 3.51. The van der Waals surface area contributed by atoms with E-state index in [9.17, 15) is 9.59 Å². The van der Waals surface area contributed by atoms with E-state index in [1.54, 1.807) is 18.2 Å². The lowest BCUT2D eigenvalue weighted by molar-refractivity contribution is -0.124. The van der Waals surface area contributed by atoms with Gasteiger partial charge in [-0.05, 0) is 49.6 Å². The molecule has 0 aliphatic carbocycles. The maximum Gasteiger partial charge on any atom is 0.338 e. The number of carbonyl (C=O) groups excluding carboxylic acids is 2. The molecule has 3 aromatic carbocycles. The van der Waals surface area contributed by atoms with Crippen molar-refractivity contribution in [1.29, 1.82) is 0 Å². The molecule has 3 aromatic rings. The normalized spacial score (nSPS) is 11.4. The van der Waals surface area contributed by atoms with E-state index in [0.29, 0.717) is 16.5 Å². The number of rotatable bonds is 11. The number of aryl methyl sites for hydroxylation is 1. The first-order valence-electron chi connectivity index (χ1n) is 11.0. The van der Waals surface area contributed by atoms with E-state index in [-0.39, 0.29) is 30.7 Å². The highest BCUT2D eigenvalue weighted by Gasteiger charge is 2.15. The molecular weight excluding hydrogens is 454 g/mol. The largest absolute Gasteiger partial charge is 0.493 e. The second-order valence-corrected chi connectivity index (χ2v) is 8.22. The van der Waals surface area contributed by atoms with E-state index in [0.717, 1.165) is 18.4 Å². The second kappa shape index (κ2) is 12.7. The lowest BCUT2D eigenvalue weighted by Crippen LogP contribution is -2.36. The van der Waals surface area contributed by atoms with Crippen molar-refractivity contribution in [3.8, 4) is 11.5 Å². The van der Waals surface area contributed by atoms with E-state index < -0.39 is 5.97 Å². The van der Waals surface area contributed by atoms with Gasteiger partial charge in [0, 0.05) is 16.6 Å². The first-order valence-corrected chi connectivity index (χ1v) is 11.4. The Kier molecular flexibility index (Phi) is 9.35. The van der Waals surface area contributed by atoms with Crippen molar-refractivity contribution in [1.82, 2.24) is 5.32 Å². The van der Waals surface area contributed by atoms with E-state index in [1.807, 2.05) is 43.3 Å². The summed E-state index contributed by atoms with van der Waals surface area (Å²) in [7, 11) is 1.48. The lowest BCUT2D eigenvalue weighted by Gasteiger charge is -2.14. The zero-order valence-electron chi connectivity index (χ0n) is 19.3. The summed E-state index contributed by atoms with van der Waals surface area (Å²) in [6.07, 6.45) is 1.64. The predicted molar refractivity (Wildman–Crippen MR) is 131 cm³/mol. The van der Waals surface area contributed by atoms with Gasteiger partial charge in [-0.1, -0.05) is 60.1 Å². The quantitative estimate of drug-likeness (QED) is 0.380. The zero-order valence-corrected chi connectivity index (χ0v) is 20.0. The van der Waals surface area contributed by atoms with Gasteiger partial charge in [0.15, 0.2) is 18.1 Å². The van der Waals surface area contributed by atoms with Gasteiger partial charge < -0.3 is 19.5 Å². The summed E-state index contributed by atoms with van der Waals surface area (Å²) in [5, 5.41) is 3.46. The van der Waals surface area contributed by atoms with E-state index in [4.69, 9.17) is 25.8 Å². The monoisotopic (exact) mass is 481 g/mol. The van der Waals surface area contributed by atoms with Crippen molar-refractivity contribution in [2.24, 2.45) is 0 Å². The van der Waals surface area contributed by atoms with Crippen LogP contribution in [0.3, 0.4) is 0 Å². The third kappa shape index (κ3) is 7.52. The van der Waals surface area contributed by atoms with Crippen LogP contribution in [-0.4, -0.2) is 31.6 Å². The third-order valence-electron chi connectivity index (χ3n) is 5.19. The Morgan fingerprint density at radius 2 is 1.71 bits per heavy atom. The number of carbonyl (C=O) groups is 2. The number of hydrogen-bond acceptors (Lipinski definition) is 5. The van der Waals surface area contributed by atoms with Gasteiger partial charge in [0.25, 0.3) is 5.91 Å². The number of halogens is 1. The summed E-state index contributed by atoms with van der Waals surface area (Å²) in [5.74, 6) is -0.131. The maximum absolute atomic E-state index is 12.4. The van der Waals surface area contributed by atoms with Crippen LogP contribution < -0.4 is 14.8 Å². The molecule has 178 valence electrons. The van der Waals surface area contributed by atoms with Gasteiger partial charge in [0.05, 0.1) is 12.7 Å². The van der Waals surface area contributed by atoms with Crippen LogP contribution in [0.2, 0.25) is 5.02 Å². The van der Waals surface area contributed by atoms with Gasteiger partial charge in [-0.3, -0.25) is 4.79 Å². The minimum absolute atomic E-state index is 0.0407. The van der Waals surface area contributed by atoms with Gasteiger partial charge in [-0.15, -0.1) is 0 Å². The molecular formula is C27H28ClNO5. The summed E-state index contributed by atoms with van der Waals surface area (Å²) in [4.78, 5) is 24.6. The molecule has 0 bridgehead atoms. The average molecular weight is 482 g/mol. The Hall–Kier alpha value is -3.51. The number of esters is 1. The van der Waals surface area contributed by atoms with Gasteiger partial charge in [0.2, 0.25) is 0 Å². The van der Waals surface area contributed by atoms with Crippen LogP contribution in [0.25, 0.3) is 0 Å². The molecule has 0 saturated heterocycles. The van der Waals surface area contributed by atoms with Crippen molar-refractivity contribution in [3.05, 3.63) is 94.5 Å². The minimum Gasteiger partial charge on any atom is -0.493 e. The molecule has 3 rings (SSSR count). The van der Waals surface area contributed by atoms with Crippen LogP contribution in [0.1, 0.15) is 34.8 Å². The number of ether oxygens (including phenoxy) is 3. The number of nitrogens with one attached hydrogen (secondary N) is 1. The average Bonchev–Trinajstić information content (AvgIpc) is 2.86. The smallest absolute Gasteiger partial charge is 0.338 e. The lowest BCUT2D eigenvalue weighted by atomic mass is 10.1. The van der Waals surface area contributed by atoms with Crippen molar-refractivity contribution < 1.29 is 23.8 Å². The highest BCUT2D eigenvalue weighted by atomic mass is 35.5. The molecule has 1 N–H and O–H groups in total. The third-order valence-corrected chi connectivity index (χ3v) is 5.56. The fourth-order valence-electron chi connectivity index (χ4n) is 3.32. The zero-order chi connectivity index (χ0) is 24.3. The van der Waals surface area contributed by atoms with Crippen LogP contribution >= 0.6 is 11.6 Å². The fraction of sp³-hybridized carbons (Fsp3) is 0.259. The van der Waals surface area contributed by atoms with Crippen molar-refractivity contribution in [3.63, 3.8) is 0 Å². The van der Waals surface area contributed by atoms with E-state index >= 15 is 0 Å². The molecule has 1 amide bonds. The molecule has 0 saturated carbocycles. The molecule has 1 atom stereocenters. The first-order chi connectivity index (χ1) is 16.5. The van der Waals surface area contributed by atoms with E-state index in [2.05, 4.69) is 17.4 Å². The summed E-state index contributed by atoms with van der Waals surface area (Å²) >= 11 is 6.16. The Bertz CT molecular complexity index is 1100. The Labute approximate surface area is 204 Å². The highest BCUT2D eigenvalue weighted by Crippen LogP contribution is 2.30. The second-order valence-electron chi connectivity index (χ2n) is 7.81. The Balaban J connectivity index is 1.48. The molecule has 0 unspecified atom stereocenters. The molecule has 0 aliphatic rings.